The second kappa shape index (κ2) is 5.93. The summed E-state index contributed by atoms with van der Waals surface area (Å²) in [6, 6.07) is 1.01. The zero-order valence-electron chi connectivity index (χ0n) is 12.7. The van der Waals surface area contributed by atoms with E-state index in [-0.39, 0.29) is 0 Å². The van der Waals surface area contributed by atoms with Crippen molar-refractivity contribution >= 4 is 22.4 Å². The van der Waals surface area contributed by atoms with Crippen molar-refractivity contribution in [3.05, 3.63) is 10.6 Å². The monoisotopic (exact) mass is 309 g/mol. The Kier molecular flexibility index (Phi) is 4.17. The van der Waals surface area contributed by atoms with Crippen molar-refractivity contribution in [1.29, 1.82) is 0 Å². The molecule has 0 spiro atoms. The molecule has 0 saturated carbocycles. The van der Waals surface area contributed by atoms with E-state index >= 15 is 0 Å². The number of carboxylic acid groups (broad SMARTS) is 1. The summed E-state index contributed by atoms with van der Waals surface area (Å²) >= 11 is 1.34. The van der Waals surface area contributed by atoms with Crippen molar-refractivity contribution in [1.82, 2.24) is 9.88 Å². The van der Waals surface area contributed by atoms with Gasteiger partial charge in [-0.1, -0.05) is 24.7 Å². The first-order valence-corrected chi connectivity index (χ1v) is 8.65. The number of aryl methyl sites for hydroxylation is 1. The summed E-state index contributed by atoms with van der Waals surface area (Å²) in [5.74, 6) is -0.848. The predicted molar refractivity (Wildman–Crippen MR) is 84.5 cm³/mol. The minimum Gasteiger partial charge on any atom is -0.477 e. The molecule has 21 heavy (non-hydrogen) atoms. The van der Waals surface area contributed by atoms with Crippen LogP contribution in [0.3, 0.4) is 0 Å². The number of piperazine rings is 1. The first-order valence-electron chi connectivity index (χ1n) is 7.83. The van der Waals surface area contributed by atoms with Crippen LogP contribution in [0, 0.1) is 0 Å². The molecular weight excluding hydrogens is 286 g/mol. The normalized spacial score (nSPS) is 26.7. The molecule has 0 bridgehead atoms. The molecule has 0 aromatic carbocycles. The molecule has 2 atom stereocenters. The quantitative estimate of drug-likeness (QED) is 0.929. The van der Waals surface area contributed by atoms with Gasteiger partial charge in [0.2, 0.25) is 0 Å². The lowest BCUT2D eigenvalue weighted by atomic mass is 9.97. The molecular formula is C15H23N3O2S. The molecule has 116 valence electrons. The van der Waals surface area contributed by atoms with E-state index in [0.29, 0.717) is 23.4 Å². The molecule has 6 heteroatoms. The molecule has 5 nitrogen and oxygen atoms in total. The molecule has 2 aliphatic heterocycles. The van der Waals surface area contributed by atoms with E-state index in [1.807, 2.05) is 6.92 Å². The fourth-order valence-corrected chi connectivity index (χ4v) is 4.59. The second-order valence-corrected chi connectivity index (χ2v) is 7.05. The van der Waals surface area contributed by atoms with Crippen molar-refractivity contribution in [3.63, 3.8) is 0 Å². The van der Waals surface area contributed by atoms with Gasteiger partial charge < -0.3 is 10.0 Å². The standard InChI is InChI=1S/C15H23N3O2S/c1-3-12-13(14(19)20)21-15(16-12)18-9-11-6-4-5-7-17(11)8-10(18)2/h10-11H,3-9H2,1-2H3,(H,19,20). The smallest absolute Gasteiger partial charge is 0.347 e. The van der Waals surface area contributed by atoms with E-state index in [9.17, 15) is 9.90 Å². The maximum Gasteiger partial charge on any atom is 0.347 e. The Hall–Kier alpha value is -1.14. The third kappa shape index (κ3) is 2.79. The summed E-state index contributed by atoms with van der Waals surface area (Å²) < 4.78 is 0. The minimum absolute atomic E-state index is 0.400. The summed E-state index contributed by atoms with van der Waals surface area (Å²) in [7, 11) is 0. The van der Waals surface area contributed by atoms with Gasteiger partial charge in [-0.05, 0) is 32.7 Å². The number of fused-ring (bicyclic) bond motifs is 1. The van der Waals surface area contributed by atoms with Gasteiger partial charge in [-0.25, -0.2) is 9.78 Å². The lowest BCUT2D eigenvalue weighted by Crippen LogP contribution is -2.58. The number of nitrogens with zero attached hydrogens (tertiary/aromatic N) is 3. The van der Waals surface area contributed by atoms with E-state index in [4.69, 9.17) is 0 Å². The van der Waals surface area contributed by atoms with Crippen LogP contribution in [0.2, 0.25) is 0 Å². The van der Waals surface area contributed by atoms with Gasteiger partial charge in [-0.15, -0.1) is 0 Å². The molecule has 3 heterocycles. The molecule has 1 aromatic rings. The molecule has 2 fully saturated rings. The topological polar surface area (TPSA) is 56.7 Å². The van der Waals surface area contributed by atoms with Crippen LogP contribution in [-0.2, 0) is 6.42 Å². The van der Waals surface area contributed by atoms with Gasteiger partial charge in [0.05, 0.1) is 5.69 Å². The highest BCUT2D eigenvalue weighted by molar-refractivity contribution is 7.17. The molecule has 2 saturated heterocycles. The van der Waals surface area contributed by atoms with Crippen molar-refractivity contribution < 1.29 is 9.90 Å². The third-order valence-electron chi connectivity index (χ3n) is 4.65. The van der Waals surface area contributed by atoms with Gasteiger partial charge >= 0.3 is 5.97 Å². The number of rotatable bonds is 3. The van der Waals surface area contributed by atoms with Crippen molar-refractivity contribution in [3.8, 4) is 0 Å². The number of carbonyl (C=O) groups is 1. The van der Waals surface area contributed by atoms with Crippen LogP contribution in [0.4, 0.5) is 5.13 Å². The van der Waals surface area contributed by atoms with Crippen LogP contribution < -0.4 is 4.90 Å². The lowest BCUT2D eigenvalue weighted by Gasteiger charge is -2.47. The van der Waals surface area contributed by atoms with Crippen LogP contribution in [0.5, 0.6) is 0 Å². The zero-order valence-corrected chi connectivity index (χ0v) is 13.5. The molecule has 1 N–H and O–H groups in total. The molecule has 3 rings (SSSR count). The van der Waals surface area contributed by atoms with E-state index in [1.54, 1.807) is 0 Å². The average molecular weight is 309 g/mol. The molecule has 2 unspecified atom stereocenters. The van der Waals surface area contributed by atoms with Gasteiger partial charge in [0.1, 0.15) is 4.88 Å². The Bertz CT molecular complexity index is 531. The summed E-state index contributed by atoms with van der Waals surface area (Å²) in [6.45, 7) is 7.44. The van der Waals surface area contributed by atoms with Crippen LogP contribution in [0.15, 0.2) is 0 Å². The first-order chi connectivity index (χ1) is 10.1. The zero-order chi connectivity index (χ0) is 15.0. The molecule has 2 aliphatic rings. The van der Waals surface area contributed by atoms with Gasteiger partial charge in [0.25, 0.3) is 0 Å². The molecule has 0 radical (unpaired) electrons. The van der Waals surface area contributed by atoms with Crippen LogP contribution in [-0.4, -0.2) is 52.7 Å². The average Bonchev–Trinajstić information content (AvgIpc) is 2.90. The van der Waals surface area contributed by atoms with Gasteiger partial charge in [0, 0.05) is 25.2 Å². The predicted octanol–water partition coefficient (Wildman–Crippen LogP) is 2.47. The largest absolute Gasteiger partial charge is 0.477 e. The summed E-state index contributed by atoms with van der Waals surface area (Å²) in [4.78, 5) is 21.3. The van der Waals surface area contributed by atoms with Gasteiger partial charge in [-0.3, -0.25) is 4.90 Å². The Morgan fingerprint density at radius 1 is 1.43 bits per heavy atom. The highest BCUT2D eigenvalue weighted by Gasteiger charge is 2.34. The van der Waals surface area contributed by atoms with E-state index in [2.05, 4.69) is 21.7 Å². The van der Waals surface area contributed by atoms with Crippen molar-refractivity contribution in [2.75, 3.05) is 24.5 Å². The minimum atomic E-state index is -0.848. The van der Waals surface area contributed by atoms with Gasteiger partial charge in [0.15, 0.2) is 5.13 Å². The Balaban J connectivity index is 1.84. The van der Waals surface area contributed by atoms with Gasteiger partial charge in [-0.2, -0.15) is 0 Å². The number of anilines is 1. The number of piperidine rings is 1. The fourth-order valence-electron chi connectivity index (χ4n) is 3.49. The number of hydrogen-bond acceptors (Lipinski definition) is 5. The number of thiazole rings is 1. The summed E-state index contributed by atoms with van der Waals surface area (Å²) in [5, 5.41) is 10.2. The third-order valence-corrected chi connectivity index (χ3v) is 5.77. The summed E-state index contributed by atoms with van der Waals surface area (Å²) in [6.07, 6.45) is 4.54. The van der Waals surface area contributed by atoms with Crippen molar-refractivity contribution in [2.24, 2.45) is 0 Å². The van der Waals surface area contributed by atoms with Crippen LogP contribution in [0.25, 0.3) is 0 Å². The second-order valence-electron chi connectivity index (χ2n) is 6.08. The maximum atomic E-state index is 11.3. The first kappa shape index (κ1) is 14.8. The Morgan fingerprint density at radius 2 is 2.24 bits per heavy atom. The number of aromatic nitrogens is 1. The number of carboxylic acids is 1. The number of aromatic carboxylic acids is 1. The lowest BCUT2D eigenvalue weighted by molar-refractivity contribution is 0.0701. The van der Waals surface area contributed by atoms with E-state index in [1.165, 1.54) is 37.1 Å². The molecule has 0 aliphatic carbocycles. The highest BCUT2D eigenvalue weighted by atomic mass is 32.1. The maximum absolute atomic E-state index is 11.3. The Morgan fingerprint density at radius 3 is 2.90 bits per heavy atom. The van der Waals surface area contributed by atoms with Crippen LogP contribution >= 0.6 is 11.3 Å². The molecule has 0 amide bonds. The summed E-state index contributed by atoms with van der Waals surface area (Å²) in [5.41, 5.74) is 0.723. The van der Waals surface area contributed by atoms with Crippen LogP contribution in [0.1, 0.15) is 48.5 Å². The number of hydrogen-bond donors (Lipinski definition) is 1. The molecule has 1 aromatic heterocycles. The fraction of sp³-hybridized carbons (Fsp3) is 0.733. The van der Waals surface area contributed by atoms with Crippen molar-refractivity contribution in [2.45, 2.75) is 51.6 Å². The van der Waals surface area contributed by atoms with E-state index in [0.717, 1.165) is 23.9 Å². The highest BCUT2D eigenvalue weighted by Crippen LogP contribution is 2.32. The van der Waals surface area contributed by atoms with E-state index < -0.39 is 5.97 Å². The SMILES string of the molecule is CCc1nc(N2CC3CCCCN3CC2C)sc1C(=O)O. The Labute approximate surface area is 129 Å².